The van der Waals surface area contributed by atoms with E-state index in [1.807, 2.05) is 13.0 Å². The van der Waals surface area contributed by atoms with Crippen molar-refractivity contribution < 1.29 is 9.18 Å². The van der Waals surface area contributed by atoms with E-state index < -0.39 is 0 Å². The normalized spacial score (nSPS) is 10.5. The molecule has 6 nitrogen and oxygen atoms in total. The monoisotopic (exact) mass is 475 g/mol. The van der Waals surface area contributed by atoms with Gasteiger partial charge in [0, 0.05) is 23.8 Å². The number of carbonyl (C=O) groups is 1. The summed E-state index contributed by atoms with van der Waals surface area (Å²) < 4.78 is 13.6. The second kappa shape index (κ2) is 11.1. The highest BCUT2D eigenvalue weighted by Crippen LogP contribution is 2.28. The zero-order valence-electron chi connectivity index (χ0n) is 16.6. The van der Waals surface area contributed by atoms with E-state index in [4.69, 9.17) is 16.9 Å². The third-order valence-corrected chi connectivity index (χ3v) is 6.71. The summed E-state index contributed by atoms with van der Waals surface area (Å²) in [4.78, 5) is 14.4. The fraction of sp³-hybridized carbons (Fsp3) is 0.238. The van der Waals surface area contributed by atoms with Crippen LogP contribution in [-0.4, -0.2) is 28.4 Å². The molecule has 1 aromatic heterocycles. The van der Waals surface area contributed by atoms with Crippen LogP contribution in [0.5, 0.6) is 0 Å². The number of nitriles is 1. The number of hydrogen-bond acceptors (Lipinski definition) is 7. The molecular weight excluding hydrogens is 457 g/mol. The number of carbonyl (C=O) groups excluding carboxylic acids is 1. The maximum Gasteiger partial charge on any atom is 0.237 e. The molecule has 3 rings (SSSR count). The van der Waals surface area contributed by atoms with Gasteiger partial charge in [-0.1, -0.05) is 46.8 Å². The van der Waals surface area contributed by atoms with Gasteiger partial charge in [0.25, 0.3) is 0 Å². The maximum absolute atomic E-state index is 13.0. The van der Waals surface area contributed by atoms with E-state index in [1.165, 1.54) is 35.2 Å². The lowest BCUT2D eigenvalue weighted by molar-refractivity contribution is -0.116. The third kappa shape index (κ3) is 6.66. The minimum atomic E-state index is -0.277. The number of aromatic nitrogens is 2. The Morgan fingerprint density at radius 2 is 2.06 bits per heavy atom. The van der Waals surface area contributed by atoms with Crippen molar-refractivity contribution in [3.8, 4) is 6.07 Å². The number of amides is 1. The summed E-state index contributed by atoms with van der Waals surface area (Å²) in [6.45, 7) is 2.67. The van der Waals surface area contributed by atoms with E-state index in [0.29, 0.717) is 33.3 Å². The number of aryl methyl sites for hydroxylation is 1. The van der Waals surface area contributed by atoms with Gasteiger partial charge in [-0.3, -0.25) is 4.79 Å². The molecule has 0 saturated heterocycles. The van der Waals surface area contributed by atoms with Gasteiger partial charge >= 0.3 is 0 Å². The molecule has 0 spiro atoms. The first-order valence-corrected chi connectivity index (χ1v) is 11.5. The maximum atomic E-state index is 13.0. The Morgan fingerprint density at radius 1 is 1.29 bits per heavy atom. The van der Waals surface area contributed by atoms with Gasteiger partial charge in [0.2, 0.25) is 11.0 Å². The third-order valence-electron chi connectivity index (χ3n) is 4.28. The van der Waals surface area contributed by atoms with Crippen LogP contribution in [-0.2, 0) is 11.3 Å². The van der Waals surface area contributed by atoms with Gasteiger partial charge in [-0.15, -0.1) is 10.2 Å². The standard InChI is InChI=1S/C21H19ClFN5OS2/c1-14-11-17(7-8-18(14)22)28(10-2-9-24)19(29)13-30-21-27-26-20(31-21)25-12-15-3-5-16(23)6-4-15/h3-8,11H,2,10,12-13H2,1H3,(H,25,26). The summed E-state index contributed by atoms with van der Waals surface area (Å²) in [6.07, 6.45) is 0.230. The Balaban J connectivity index is 1.58. The van der Waals surface area contributed by atoms with Crippen LogP contribution in [0.4, 0.5) is 15.2 Å². The fourth-order valence-electron chi connectivity index (χ4n) is 2.68. The first-order valence-electron chi connectivity index (χ1n) is 9.34. The highest BCUT2D eigenvalue weighted by atomic mass is 35.5. The molecule has 160 valence electrons. The second-order valence-corrected chi connectivity index (χ2v) is 9.14. The van der Waals surface area contributed by atoms with Crippen LogP contribution in [0.25, 0.3) is 0 Å². The molecule has 0 bridgehead atoms. The van der Waals surface area contributed by atoms with Crippen molar-refractivity contribution in [1.82, 2.24) is 10.2 Å². The van der Waals surface area contributed by atoms with Gasteiger partial charge in [0.1, 0.15) is 5.82 Å². The van der Waals surface area contributed by atoms with Crippen molar-refractivity contribution >= 4 is 51.4 Å². The molecule has 2 aromatic carbocycles. The highest BCUT2D eigenvalue weighted by Gasteiger charge is 2.18. The van der Waals surface area contributed by atoms with E-state index in [9.17, 15) is 9.18 Å². The highest BCUT2D eigenvalue weighted by molar-refractivity contribution is 8.01. The lowest BCUT2D eigenvalue weighted by Crippen LogP contribution is -2.33. The predicted molar refractivity (Wildman–Crippen MR) is 123 cm³/mol. The van der Waals surface area contributed by atoms with Crippen LogP contribution in [0.1, 0.15) is 17.5 Å². The molecule has 1 heterocycles. The summed E-state index contributed by atoms with van der Waals surface area (Å²) >= 11 is 8.72. The minimum absolute atomic E-state index is 0.127. The molecule has 0 atom stereocenters. The summed E-state index contributed by atoms with van der Waals surface area (Å²) in [5.74, 6) is -0.238. The molecule has 1 N–H and O–H groups in total. The molecule has 0 aliphatic rings. The molecule has 3 aromatic rings. The molecule has 0 saturated carbocycles. The summed E-state index contributed by atoms with van der Waals surface area (Å²) in [5, 5.41) is 21.5. The number of hydrogen-bond donors (Lipinski definition) is 1. The number of rotatable bonds is 9. The predicted octanol–water partition coefficient (Wildman–Crippen LogP) is 5.29. The second-order valence-electron chi connectivity index (χ2n) is 6.53. The Morgan fingerprint density at radius 3 is 2.77 bits per heavy atom. The number of halogens is 2. The molecule has 0 aliphatic carbocycles. The van der Waals surface area contributed by atoms with Crippen LogP contribution >= 0.6 is 34.7 Å². The lowest BCUT2D eigenvalue weighted by Gasteiger charge is -2.22. The van der Waals surface area contributed by atoms with Crippen LogP contribution in [0.3, 0.4) is 0 Å². The zero-order valence-corrected chi connectivity index (χ0v) is 19.0. The fourth-order valence-corrected chi connectivity index (χ4v) is 4.42. The summed E-state index contributed by atoms with van der Waals surface area (Å²) in [5.41, 5.74) is 2.50. The molecular formula is C21H19ClFN5OS2. The number of thioether (sulfide) groups is 1. The summed E-state index contributed by atoms with van der Waals surface area (Å²) in [7, 11) is 0. The molecule has 0 radical (unpaired) electrons. The van der Waals surface area contributed by atoms with Crippen molar-refractivity contribution in [2.45, 2.75) is 24.2 Å². The average molecular weight is 476 g/mol. The Hall–Kier alpha value is -2.67. The number of benzene rings is 2. The first-order chi connectivity index (χ1) is 15.0. The van der Waals surface area contributed by atoms with Crippen molar-refractivity contribution in [2.24, 2.45) is 0 Å². The lowest BCUT2D eigenvalue weighted by atomic mass is 10.2. The van der Waals surface area contributed by atoms with Crippen molar-refractivity contribution in [3.63, 3.8) is 0 Å². The van der Waals surface area contributed by atoms with Crippen LogP contribution in [0.15, 0.2) is 46.8 Å². The van der Waals surface area contributed by atoms with Gasteiger partial charge in [-0.25, -0.2) is 4.39 Å². The van der Waals surface area contributed by atoms with E-state index in [1.54, 1.807) is 29.2 Å². The topological polar surface area (TPSA) is 81.9 Å². The van der Waals surface area contributed by atoms with Crippen LogP contribution in [0.2, 0.25) is 5.02 Å². The molecule has 1 amide bonds. The van der Waals surface area contributed by atoms with Gasteiger partial charge in [-0.2, -0.15) is 5.26 Å². The molecule has 10 heteroatoms. The SMILES string of the molecule is Cc1cc(N(CCC#N)C(=O)CSc2nnc(NCc3ccc(F)cc3)s2)ccc1Cl. The Labute approximate surface area is 193 Å². The quantitative estimate of drug-likeness (QED) is 0.423. The summed E-state index contributed by atoms with van der Waals surface area (Å²) in [6, 6.07) is 13.7. The number of nitrogens with one attached hydrogen (secondary N) is 1. The number of nitrogens with zero attached hydrogens (tertiary/aromatic N) is 4. The van der Waals surface area contributed by atoms with E-state index in [2.05, 4.69) is 21.6 Å². The van der Waals surface area contributed by atoms with Gasteiger partial charge in [-0.05, 0) is 48.4 Å². The van der Waals surface area contributed by atoms with Crippen molar-refractivity contribution in [3.05, 3.63) is 64.4 Å². The van der Waals surface area contributed by atoms with Gasteiger partial charge in [0.15, 0.2) is 4.34 Å². The molecule has 0 aliphatic heterocycles. The number of anilines is 2. The van der Waals surface area contributed by atoms with Crippen molar-refractivity contribution in [2.75, 3.05) is 22.5 Å². The zero-order chi connectivity index (χ0) is 22.2. The smallest absolute Gasteiger partial charge is 0.237 e. The van der Waals surface area contributed by atoms with Gasteiger partial charge in [0.05, 0.1) is 18.2 Å². The largest absolute Gasteiger partial charge is 0.356 e. The van der Waals surface area contributed by atoms with E-state index in [0.717, 1.165) is 11.1 Å². The van der Waals surface area contributed by atoms with Crippen LogP contribution in [0, 0.1) is 24.1 Å². The van der Waals surface area contributed by atoms with E-state index in [-0.39, 0.29) is 23.9 Å². The Kier molecular flexibility index (Phi) is 8.23. The average Bonchev–Trinajstić information content (AvgIpc) is 3.22. The molecule has 0 fully saturated rings. The van der Waals surface area contributed by atoms with E-state index >= 15 is 0 Å². The molecule has 31 heavy (non-hydrogen) atoms. The molecule has 0 unspecified atom stereocenters. The minimum Gasteiger partial charge on any atom is -0.356 e. The van der Waals surface area contributed by atoms with Gasteiger partial charge < -0.3 is 10.2 Å². The van der Waals surface area contributed by atoms with Crippen molar-refractivity contribution in [1.29, 1.82) is 5.26 Å². The Bertz CT molecular complexity index is 1080. The van der Waals surface area contributed by atoms with Crippen LogP contribution < -0.4 is 10.2 Å². The first kappa shape index (κ1) is 23.0.